The fraction of sp³-hybridized carbons (Fsp3) is 0.391. The van der Waals surface area contributed by atoms with E-state index in [0.717, 1.165) is 37.2 Å². The summed E-state index contributed by atoms with van der Waals surface area (Å²) in [5.74, 6) is -2.09. The van der Waals surface area contributed by atoms with Crippen molar-refractivity contribution in [3.8, 4) is 0 Å². The Labute approximate surface area is 176 Å². The van der Waals surface area contributed by atoms with Gasteiger partial charge in [0.25, 0.3) is 0 Å². The summed E-state index contributed by atoms with van der Waals surface area (Å²) in [4.78, 5) is 26.1. The molecule has 1 unspecified atom stereocenters. The number of hydrogen-bond donors (Lipinski definition) is 2. The second kappa shape index (κ2) is 8.46. The molecule has 29 heavy (non-hydrogen) atoms. The molecular formula is C23H27ClN2O3. The van der Waals surface area contributed by atoms with Crippen LogP contribution in [0.5, 0.6) is 0 Å². The Kier molecular flexibility index (Phi) is 6.18. The molecular weight excluding hydrogens is 388 g/mol. The lowest BCUT2D eigenvalue weighted by molar-refractivity contribution is -0.120. The second-order valence-corrected chi connectivity index (χ2v) is 8.63. The third-order valence-corrected chi connectivity index (χ3v) is 6.08. The molecule has 1 fully saturated rings. The zero-order chi connectivity index (χ0) is 21.2. The number of carboxylic acid groups (broad SMARTS) is 1. The summed E-state index contributed by atoms with van der Waals surface area (Å²) < 4.78 is 0. The Hall–Kier alpha value is -2.53. The van der Waals surface area contributed by atoms with Crippen molar-refractivity contribution in [1.29, 1.82) is 0 Å². The van der Waals surface area contributed by atoms with E-state index in [0.29, 0.717) is 10.6 Å². The van der Waals surface area contributed by atoms with Crippen molar-refractivity contribution in [2.24, 2.45) is 5.73 Å². The molecule has 0 bridgehead atoms. The van der Waals surface area contributed by atoms with E-state index in [4.69, 9.17) is 22.4 Å². The number of primary amides is 1. The minimum absolute atomic E-state index is 0.173. The number of hydrogen-bond acceptors (Lipinski definition) is 3. The van der Waals surface area contributed by atoms with Gasteiger partial charge in [-0.25, -0.2) is 4.79 Å². The molecule has 1 atom stereocenters. The number of rotatable bonds is 6. The summed E-state index contributed by atoms with van der Waals surface area (Å²) >= 11 is 6.35. The lowest BCUT2D eigenvalue weighted by Gasteiger charge is -2.39. The quantitative estimate of drug-likeness (QED) is 0.724. The molecule has 5 nitrogen and oxygen atoms in total. The molecule has 0 radical (unpaired) electrons. The van der Waals surface area contributed by atoms with E-state index < -0.39 is 23.2 Å². The van der Waals surface area contributed by atoms with E-state index in [-0.39, 0.29) is 5.56 Å². The molecule has 2 aromatic rings. The molecule has 1 aliphatic rings. The van der Waals surface area contributed by atoms with E-state index in [1.807, 2.05) is 32.0 Å². The van der Waals surface area contributed by atoms with E-state index in [2.05, 4.69) is 4.90 Å². The topological polar surface area (TPSA) is 83.6 Å². The first-order valence-corrected chi connectivity index (χ1v) is 10.3. The number of benzene rings is 2. The molecule has 3 N–H and O–H groups in total. The third kappa shape index (κ3) is 4.40. The van der Waals surface area contributed by atoms with Crippen LogP contribution in [0.1, 0.15) is 60.5 Å². The average molecular weight is 415 g/mol. The van der Waals surface area contributed by atoms with Crippen LogP contribution < -0.4 is 10.6 Å². The maximum Gasteiger partial charge on any atom is 0.335 e. The Balaban J connectivity index is 2.08. The van der Waals surface area contributed by atoms with E-state index in [1.165, 1.54) is 18.6 Å². The molecule has 0 aliphatic carbocycles. The maximum atomic E-state index is 12.6. The number of halogens is 1. The van der Waals surface area contributed by atoms with Crippen LogP contribution in [0, 0.1) is 0 Å². The first kappa shape index (κ1) is 21.2. The van der Waals surface area contributed by atoms with Crippen molar-refractivity contribution in [3.63, 3.8) is 0 Å². The lowest BCUT2D eigenvalue weighted by Crippen LogP contribution is -2.39. The first-order chi connectivity index (χ1) is 13.7. The Morgan fingerprint density at radius 3 is 2.24 bits per heavy atom. The summed E-state index contributed by atoms with van der Waals surface area (Å²) in [5.41, 5.74) is 8.12. The van der Waals surface area contributed by atoms with Gasteiger partial charge < -0.3 is 15.7 Å². The SMILES string of the molecule is CC(C)(c1cc(Cl)ccc1N1CCCCC1)C(C(N)=O)c1ccc(C(=O)O)cc1. The lowest BCUT2D eigenvalue weighted by atomic mass is 9.69. The fourth-order valence-electron chi connectivity index (χ4n) is 4.35. The highest BCUT2D eigenvalue weighted by atomic mass is 35.5. The van der Waals surface area contributed by atoms with Gasteiger partial charge in [0, 0.05) is 29.2 Å². The number of piperidine rings is 1. The normalized spacial score (nSPS) is 15.8. The van der Waals surface area contributed by atoms with Gasteiger partial charge in [-0.05, 0) is 60.7 Å². The molecule has 3 rings (SSSR count). The molecule has 1 amide bonds. The minimum Gasteiger partial charge on any atom is -0.478 e. The Morgan fingerprint density at radius 1 is 1.07 bits per heavy atom. The number of carbonyl (C=O) groups excluding carboxylic acids is 1. The van der Waals surface area contributed by atoms with Gasteiger partial charge in [0.1, 0.15) is 0 Å². The van der Waals surface area contributed by atoms with Crippen LogP contribution >= 0.6 is 11.6 Å². The molecule has 6 heteroatoms. The highest BCUT2D eigenvalue weighted by Gasteiger charge is 2.39. The number of nitrogens with zero attached hydrogens (tertiary/aromatic N) is 1. The van der Waals surface area contributed by atoms with Crippen molar-refractivity contribution in [1.82, 2.24) is 0 Å². The molecule has 0 saturated carbocycles. The van der Waals surface area contributed by atoms with Gasteiger partial charge in [-0.15, -0.1) is 0 Å². The van der Waals surface area contributed by atoms with Crippen LogP contribution in [0.25, 0.3) is 0 Å². The van der Waals surface area contributed by atoms with Crippen molar-refractivity contribution in [2.45, 2.75) is 44.4 Å². The molecule has 154 valence electrons. The van der Waals surface area contributed by atoms with Gasteiger partial charge in [0.2, 0.25) is 5.91 Å². The molecule has 0 spiro atoms. The fourth-order valence-corrected chi connectivity index (χ4v) is 4.52. The van der Waals surface area contributed by atoms with Crippen molar-refractivity contribution < 1.29 is 14.7 Å². The van der Waals surface area contributed by atoms with Crippen LogP contribution in [0.2, 0.25) is 5.02 Å². The van der Waals surface area contributed by atoms with Gasteiger partial charge in [-0.1, -0.05) is 37.6 Å². The highest BCUT2D eigenvalue weighted by Crippen LogP contribution is 2.44. The standard InChI is InChI=1S/C23H27ClN2O3/c1-23(2,20(21(25)27)15-6-8-16(9-7-15)22(28)29)18-14-17(24)10-11-19(18)26-12-4-3-5-13-26/h6-11,14,20H,3-5,12-13H2,1-2H3,(H2,25,27)(H,28,29). The van der Waals surface area contributed by atoms with Gasteiger partial charge >= 0.3 is 5.97 Å². The third-order valence-electron chi connectivity index (χ3n) is 5.85. The second-order valence-electron chi connectivity index (χ2n) is 8.19. The van der Waals surface area contributed by atoms with Crippen LogP contribution in [0.15, 0.2) is 42.5 Å². The molecule has 1 saturated heterocycles. The van der Waals surface area contributed by atoms with Gasteiger partial charge in [-0.3, -0.25) is 4.79 Å². The number of aromatic carboxylic acids is 1. The summed E-state index contributed by atoms with van der Waals surface area (Å²) in [5, 5.41) is 9.77. The minimum atomic E-state index is -1.01. The van der Waals surface area contributed by atoms with Crippen molar-refractivity contribution in [3.05, 3.63) is 64.2 Å². The monoisotopic (exact) mass is 414 g/mol. The number of anilines is 1. The predicted octanol–water partition coefficient (Wildman–Crippen LogP) is 4.58. The van der Waals surface area contributed by atoms with E-state index >= 15 is 0 Å². The van der Waals surface area contributed by atoms with Gasteiger partial charge in [0.15, 0.2) is 0 Å². The number of carboxylic acids is 1. The largest absolute Gasteiger partial charge is 0.478 e. The molecule has 1 heterocycles. The number of nitrogens with two attached hydrogens (primary N) is 1. The maximum absolute atomic E-state index is 12.6. The zero-order valence-corrected chi connectivity index (χ0v) is 17.6. The van der Waals surface area contributed by atoms with Crippen LogP contribution in [-0.2, 0) is 10.2 Å². The summed E-state index contributed by atoms with van der Waals surface area (Å²) in [6.07, 6.45) is 3.50. The van der Waals surface area contributed by atoms with Crippen molar-refractivity contribution >= 4 is 29.2 Å². The van der Waals surface area contributed by atoms with Crippen LogP contribution in [0.3, 0.4) is 0 Å². The van der Waals surface area contributed by atoms with Crippen LogP contribution in [-0.4, -0.2) is 30.1 Å². The Morgan fingerprint density at radius 2 is 1.69 bits per heavy atom. The number of carbonyl (C=O) groups is 2. The number of amides is 1. The zero-order valence-electron chi connectivity index (χ0n) is 16.8. The van der Waals surface area contributed by atoms with Gasteiger partial charge in [-0.2, -0.15) is 0 Å². The molecule has 0 aromatic heterocycles. The predicted molar refractivity (Wildman–Crippen MR) is 116 cm³/mol. The smallest absolute Gasteiger partial charge is 0.335 e. The van der Waals surface area contributed by atoms with Crippen LogP contribution in [0.4, 0.5) is 5.69 Å². The van der Waals surface area contributed by atoms with Gasteiger partial charge in [0.05, 0.1) is 11.5 Å². The van der Waals surface area contributed by atoms with E-state index in [1.54, 1.807) is 12.1 Å². The summed E-state index contributed by atoms with van der Waals surface area (Å²) in [6, 6.07) is 12.2. The average Bonchev–Trinajstić information content (AvgIpc) is 2.68. The molecule has 1 aliphatic heterocycles. The summed E-state index contributed by atoms with van der Waals surface area (Å²) in [7, 11) is 0. The molecule has 2 aromatic carbocycles. The first-order valence-electron chi connectivity index (χ1n) is 9.89. The Bertz CT molecular complexity index is 903. The van der Waals surface area contributed by atoms with E-state index in [9.17, 15) is 9.59 Å². The van der Waals surface area contributed by atoms with Crippen molar-refractivity contribution in [2.75, 3.05) is 18.0 Å². The summed E-state index contributed by atoms with van der Waals surface area (Å²) in [6.45, 7) is 5.93. The highest BCUT2D eigenvalue weighted by molar-refractivity contribution is 6.30.